The zero-order chi connectivity index (χ0) is 22.7. The third-order valence-electron chi connectivity index (χ3n) is 5.64. The predicted octanol–water partition coefficient (Wildman–Crippen LogP) is 3.49. The molecule has 1 amide bonds. The Morgan fingerprint density at radius 2 is 1.78 bits per heavy atom. The molecule has 3 heterocycles. The summed E-state index contributed by atoms with van der Waals surface area (Å²) in [6.07, 6.45) is 8.61. The van der Waals surface area contributed by atoms with Gasteiger partial charge in [0.25, 0.3) is 0 Å². The number of benzene rings is 1. The third kappa shape index (κ3) is 4.73. The van der Waals surface area contributed by atoms with Gasteiger partial charge in [0, 0.05) is 31.6 Å². The molecule has 4 rings (SSSR count). The second-order valence-electron chi connectivity index (χ2n) is 8.01. The minimum Gasteiger partial charge on any atom is -0.321 e. The van der Waals surface area contributed by atoms with Crippen LogP contribution < -0.4 is 5.32 Å². The Labute approximate surface area is 188 Å². The van der Waals surface area contributed by atoms with E-state index in [4.69, 9.17) is 0 Å². The number of hydrogen-bond acceptors (Lipinski definition) is 5. The Bertz CT molecular complexity index is 1250. The lowest BCUT2D eigenvalue weighted by atomic mass is 10.2. The van der Waals surface area contributed by atoms with Crippen LogP contribution in [0, 0.1) is 6.92 Å². The van der Waals surface area contributed by atoms with Crippen molar-refractivity contribution in [2.45, 2.75) is 37.5 Å². The average molecular weight is 454 g/mol. The molecule has 0 bridgehead atoms. The van der Waals surface area contributed by atoms with Crippen LogP contribution in [0.25, 0.3) is 17.1 Å². The quantitative estimate of drug-likeness (QED) is 0.597. The summed E-state index contributed by atoms with van der Waals surface area (Å²) in [7, 11) is -1.65. The number of hydrogen-bond donors (Lipinski definition) is 1. The van der Waals surface area contributed by atoms with Crippen LogP contribution in [0.2, 0.25) is 0 Å². The number of fused-ring (bicyclic) bond motifs is 1. The minimum absolute atomic E-state index is 0.284. The van der Waals surface area contributed by atoms with Crippen LogP contribution in [0.1, 0.15) is 36.9 Å². The first-order valence-electron chi connectivity index (χ1n) is 10.7. The molecule has 1 aliphatic rings. The molecule has 8 nitrogen and oxygen atoms in total. The van der Waals surface area contributed by atoms with Crippen molar-refractivity contribution >= 4 is 38.7 Å². The molecule has 9 heteroatoms. The van der Waals surface area contributed by atoms with Gasteiger partial charge in [0.15, 0.2) is 5.65 Å². The Morgan fingerprint density at radius 1 is 1.09 bits per heavy atom. The van der Waals surface area contributed by atoms with Crippen LogP contribution in [0.15, 0.2) is 47.5 Å². The van der Waals surface area contributed by atoms with Crippen molar-refractivity contribution in [1.29, 1.82) is 0 Å². The molecule has 1 aliphatic heterocycles. The zero-order valence-corrected chi connectivity index (χ0v) is 19.1. The van der Waals surface area contributed by atoms with E-state index in [0.29, 0.717) is 18.8 Å². The largest absolute Gasteiger partial charge is 0.321 e. The van der Waals surface area contributed by atoms with E-state index < -0.39 is 10.0 Å². The van der Waals surface area contributed by atoms with Gasteiger partial charge in [0.1, 0.15) is 0 Å². The standard InChI is InChI=1S/C23H27N5O3S/c1-17-21-15-19(16-24-23(21)27(2)26-17)25-22(29)12-9-18-7-10-20(11-8-18)32(30,31)28-13-5-3-4-6-14-28/h7-12,15-16H,3-6,13-14H2,1-2H3,(H,25,29)/b12-9+. The smallest absolute Gasteiger partial charge is 0.248 e. The predicted molar refractivity (Wildman–Crippen MR) is 125 cm³/mol. The number of sulfonamides is 1. The third-order valence-corrected chi connectivity index (χ3v) is 7.55. The van der Waals surface area contributed by atoms with Crippen LogP contribution in [0.3, 0.4) is 0 Å². The van der Waals surface area contributed by atoms with E-state index in [-0.39, 0.29) is 10.8 Å². The van der Waals surface area contributed by atoms with Gasteiger partial charge < -0.3 is 5.32 Å². The number of aryl methyl sites for hydroxylation is 2. The SMILES string of the molecule is Cc1nn(C)c2ncc(NC(=O)/C=C/c3ccc(S(=O)(=O)N4CCCCCC4)cc3)cc12. The van der Waals surface area contributed by atoms with Crippen molar-refractivity contribution in [3.05, 3.63) is 53.9 Å². The summed E-state index contributed by atoms with van der Waals surface area (Å²) in [5, 5.41) is 8.01. The number of pyridine rings is 1. The second kappa shape index (κ2) is 9.22. The van der Waals surface area contributed by atoms with Crippen molar-refractivity contribution in [2.75, 3.05) is 18.4 Å². The van der Waals surface area contributed by atoms with Crippen LogP contribution in [-0.2, 0) is 21.9 Å². The van der Waals surface area contributed by atoms with Crippen LogP contribution in [0.4, 0.5) is 5.69 Å². The van der Waals surface area contributed by atoms with Gasteiger partial charge in [0.2, 0.25) is 15.9 Å². The maximum absolute atomic E-state index is 12.9. The summed E-state index contributed by atoms with van der Waals surface area (Å²) >= 11 is 0. The molecule has 168 valence electrons. The lowest BCUT2D eigenvalue weighted by molar-refractivity contribution is -0.111. The van der Waals surface area contributed by atoms with E-state index in [9.17, 15) is 13.2 Å². The lowest BCUT2D eigenvalue weighted by Gasteiger charge is -2.19. The van der Waals surface area contributed by atoms with Crippen LogP contribution in [0.5, 0.6) is 0 Å². The summed E-state index contributed by atoms with van der Waals surface area (Å²) in [6, 6.07) is 8.46. The first-order valence-corrected chi connectivity index (χ1v) is 12.2. The van der Waals surface area contributed by atoms with Crippen molar-refractivity contribution in [1.82, 2.24) is 19.1 Å². The first kappa shape index (κ1) is 22.2. The number of rotatable bonds is 5. The van der Waals surface area contributed by atoms with E-state index >= 15 is 0 Å². The molecule has 3 aromatic rings. The molecule has 0 radical (unpaired) electrons. The highest BCUT2D eigenvalue weighted by molar-refractivity contribution is 7.89. The van der Waals surface area contributed by atoms with E-state index in [1.165, 1.54) is 6.08 Å². The molecule has 1 fully saturated rings. The van der Waals surface area contributed by atoms with Gasteiger partial charge in [-0.05, 0) is 49.6 Å². The molecule has 0 spiro atoms. The average Bonchev–Trinajstić information content (AvgIpc) is 2.95. The van der Waals surface area contributed by atoms with E-state index in [0.717, 1.165) is 48.0 Å². The number of amides is 1. The Hall–Kier alpha value is -3.04. The molecule has 0 aliphatic carbocycles. The fourth-order valence-electron chi connectivity index (χ4n) is 3.91. The number of aromatic nitrogens is 3. The highest BCUT2D eigenvalue weighted by atomic mass is 32.2. The molecule has 0 atom stereocenters. The summed E-state index contributed by atoms with van der Waals surface area (Å²) in [5.74, 6) is -0.297. The fourth-order valence-corrected chi connectivity index (χ4v) is 5.43. The number of carbonyl (C=O) groups excluding carboxylic acids is 1. The highest BCUT2D eigenvalue weighted by Gasteiger charge is 2.24. The van der Waals surface area contributed by atoms with E-state index in [2.05, 4.69) is 15.4 Å². The monoisotopic (exact) mass is 453 g/mol. The molecule has 0 unspecified atom stereocenters. The summed E-state index contributed by atoms with van der Waals surface area (Å²) in [4.78, 5) is 17.0. The summed E-state index contributed by atoms with van der Waals surface area (Å²) < 4.78 is 29.0. The number of carbonyl (C=O) groups is 1. The second-order valence-corrected chi connectivity index (χ2v) is 9.95. The molecular weight excluding hydrogens is 426 g/mol. The number of nitrogens with one attached hydrogen (secondary N) is 1. The summed E-state index contributed by atoms with van der Waals surface area (Å²) in [6.45, 7) is 3.04. The van der Waals surface area contributed by atoms with Crippen molar-refractivity contribution in [3.63, 3.8) is 0 Å². The molecule has 1 N–H and O–H groups in total. The van der Waals surface area contributed by atoms with Gasteiger partial charge >= 0.3 is 0 Å². The van der Waals surface area contributed by atoms with Gasteiger partial charge in [0.05, 0.1) is 22.5 Å². The van der Waals surface area contributed by atoms with Crippen molar-refractivity contribution < 1.29 is 13.2 Å². The number of anilines is 1. The Morgan fingerprint density at radius 3 is 2.47 bits per heavy atom. The highest BCUT2D eigenvalue weighted by Crippen LogP contribution is 2.21. The van der Waals surface area contributed by atoms with E-state index in [1.54, 1.807) is 45.5 Å². The summed E-state index contributed by atoms with van der Waals surface area (Å²) in [5.41, 5.74) is 2.93. The van der Waals surface area contributed by atoms with Gasteiger partial charge in [-0.3, -0.25) is 9.48 Å². The topological polar surface area (TPSA) is 97.2 Å². The molecule has 2 aromatic heterocycles. The maximum atomic E-state index is 12.9. The molecule has 32 heavy (non-hydrogen) atoms. The Kier molecular flexibility index (Phi) is 6.38. The Balaban J connectivity index is 1.42. The molecule has 1 saturated heterocycles. The van der Waals surface area contributed by atoms with Crippen molar-refractivity contribution in [3.8, 4) is 0 Å². The van der Waals surface area contributed by atoms with Gasteiger partial charge in [-0.15, -0.1) is 0 Å². The lowest BCUT2D eigenvalue weighted by Crippen LogP contribution is -2.31. The van der Waals surface area contributed by atoms with Crippen molar-refractivity contribution in [2.24, 2.45) is 7.05 Å². The zero-order valence-electron chi connectivity index (χ0n) is 18.3. The first-order chi connectivity index (χ1) is 15.3. The molecule has 0 saturated carbocycles. The maximum Gasteiger partial charge on any atom is 0.248 e. The normalized spacial score (nSPS) is 15.8. The minimum atomic E-state index is -3.48. The van der Waals surface area contributed by atoms with Gasteiger partial charge in [-0.25, -0.2) is 13.4 Å². The van der Waals surface area contributed by atoms with Crippen LogP contribution >= 0.6 is 0 Å². The van der Waals surface area contributed by atoms with Gasteiger partial charge in [-0.2, -0.15) is 9.40 Å². The molecule has 1 aromatic carbocycles. The van der Waals surface area contributed by atoms with Gasteiger partial charge in [-0.1, -0.05) is 25.0 Å². The van der Waals surface area contributed by atoms with Crippen LogP contribution in [-0.4, -0.2) is 46.5 Å². The van der Waals surface area contributed by atoms with E-state index in [1.807, 2.05) is 20.0 Å². The molecular formula is C23H27N5O3S. The fraction of sp³-hybridized carbons (Fsp3) is 0.348. The number of nitrogens with zero attached hydrogens (tertiary/aromatic N) is 4.